The maximum absolute atomic E-state index is 3.00. The molecule has 9 rings (SSSR count). The third-order valence-electron chi connectivity index (χ3n) is 10.1. The third-order valence-corrected chi connectivity index (χ3v) is 10.1. The predicted molar refractivity (Wildman–Crippen MR) is 204 cm³/mol. The second-order valence-electron chi connectivity index (χ2n) is 12.9. The van der Waals surface area contributed by atoms with Crippen LogP contribution in [0.5, 0.6) is 0 Å². The molecule has 0 heterocycles. The normalized spacial score (nSPS) is 12.8. The van der Waals surface area contributed by atoms with Crippen molar-refractivity contribution >= 4 is 32.3 Å². The summed E-state index contributed by atoms with van der Waals surface area (Å²) in [7, 11) is 0. The first-order valence-electron chi connectivity index (χ1n) is 16.4. The molecule has 0 atom stereocenters. The molecule has 0 aromatic heterocycles. The van der Waals surface area contributed by atoms with Gasteiger partial charge in [-0.25, -0.2) is 0 Å². The van der Waals surface area contributed by atoms with Crippen molar-refractivity contribution in [1.29, 1.82) is 0 Å². The lowest BCUT2D eigenvalue weighted by Crippen LogP contribution is -2.14. The van der Waals surface area contributed by atoms with Gasteiger partial charge in [-0.05, 0) is 100 Å². The standard InChI is InChI=1S/C45H32.C2H4/c1-45(2)41-18-10-9-13-35(41)36-26-25-33(28-42(36)45)30-19-22-31(23-20-30)43-37-14-5-7-16-39(37)44(40-17-8-6-15-38(40)43)34-24-21-29-11-3-4-12-32(29)27-34;1-2/h3-28H,1-2H3;1-2H2. The van der Waals surface area contributed by atoms with Gasteiger partial charge in [0.25, 0.3) is 0 Å². The molecular formula is C47H36. The van der Waals surface area contributed by atoms with Gasteiger partial charge < -0.3 is 0 Å². The summed E-state index contributed by atoms with van der Waals surface area (Å²) < 4.78 is 0. The van der Waals surface area contributed by atoms with Crippen molar-refractivity contribution in [2.75, 3.05) is 0 Å². The third kappa shape index (κ3) is 4.52. The molecule has 1 aliphatic rings. The SMILES string of the molecule is C=C.CC1(C)c2ccccc2-c2ccc(-c3ccc(-c4c5ccccc5c(-c5ccc6ccccc6c5)c5ccccc45)cc3)cc21. The molecule has 0 saturated heterocycles. The van der Waals surface area contributed by atoms with Gasteiger partial charge in [0.2, 0.25) is 0 Å². The molecule has 0 nitrogen and oxygen atoms in total. The minimum Gasteiger partial charge on any atom is -0.106 e. The lowest BCUT2D eigenvalue weighted by molar-refractivity contribution is 0.660. The van der Waals surface area contributed by atoms with E-state index in [1.807, 2.05) is 0 Å². The zero-order valence-electron chi connectivity index (χ0n) is 26.9. The van der Waals surface area contributed by atoms with E-state index in [4.69, 9.17) is 0 Å². The van der Waals surface area contributed by atoms with Crippen LogP contribution in [-0.4, -0.2) is 0 Å². The van der Waals surface area contributed by atoms with Crippen LogP contribution in [-0.2, 0) is 5.41 Å². The summed E-state index contributed by atoms with van der Waals surface area (Å²) in [5, 5.41) is 7.66. The fourth-order valence-corrected chi connectivity index (χ4v) is 7.81. The Balaban J connectivity index is 0.00000159. The molecule has 0 aliphatic heterocycles. The predicted octanol–water partition coefficient (Wildman–Crippen LogP) is 13.3. The molecule has 224 valence electrons. The summed E-state index contributed by atoms with van der Waals surface area (Å²) in [4.78, 5) is 0. The second-order valence-corrected chi connectivity index (χ2v) is 12.9. The molecule has 0 unspecified atom stereocenters. The van der Waals surface area contributed by atoms with E-state index >= 15 is 0 Å². The van der Waals surface area contributed by atoms with E-state index in [0.29, 0.717) is 0 Å². The van der Waals surface area contributed by atoms with Crippen molar-refractivity contribution in [3.8, 4) is 44.5 Å². The Morgan fingerprint density at radius 1 is 0.362 bits per heavy atom. The first-order valence-corrected chi connectivity index (χ1v) is 16.4. The van der Waals surface area contributed by atoms with Gasteiger partial charge in [0.15, 0.2) is 0 Å². The number of rotatable bonds is 3. The van der Waals surface area contributed by atoms with Crippen LogP contribution >= 0.6 is 0 Å². The van der Waals surface area contributed by atoms with E-state index in [1.54, 1.807) is 0 Å². The highest BCUT2D eigenvalue weighted by Gasteiger charge is 2.35. The number of hydrogen-bond donors (Lipinski definition) is 0. The van der Waals surface area contributed by atoms with E-state index in [9.17, 15) is 0 Å². The smallest absolute Gasteiger partial charge is 0.0159 e. The molecule has 8 aromatic rings. The van der Waals surface area contributed by atoms with Gasteiger partial charge >= 0.3 is 0 Å². The summed E-state index contributed by atoms with van der Waals surface area (Å²) in [5.74, 6) is 0. The van der Waals surface area contributed by atoms with Crippen molar-refractivity contribution in [1.82, 2.24) is 0 Å². The van der Waals surface area contributed by atoms with Crippen molar-refractivity contribution in [2.45, 2.75) is 19.3 Å². The molecule has 0 N–H and O–H groups in total. The van der Waals surface area contributed by atoms with E-state index in [1.165, 1.54) is 88.0 Å². The number of hydrogen-bond acceptors (Lipinski definition) is 0. The Kier molecular flexibility index (Phi) is 6.89. The summed E-state index contributed by atoms with van der Waals surface area (Å²) in [6.45, 7) is 10.7. The Labute approximate surface area is 277 Å². The zero-order valence-corrected chi connectivity index (χ0v) is 26.9. The molecule has 0 radical (unpaired) electrons. The van der Waals surface area contributed by atoms with Crippen molar-refractivity contribution in [3.05, 3.63) is 182 Å². The monoisotopic (exact) mass is 600 g/mol. The molecule has 47 heavy (non-hydrogen) atoms. The molecular weight excluding hydrogens is 565 g/mol. The summed E-state index contributed by atoms with van der Waals surface area (Å²) in [5.41, 5.74) is 13.1. The molecule has 0 bridgehead atoms. The maximum atomic E-state index is 3.00. The Morgan fingerprint density at radius 2 is 0.830 bits per heavy atom. The summed E-state index contributed by atoms with van der Waals surface area (Å²) in [6.07, 6.45) is 0. The van der Waals surface area contributed by atoms with Crippen LogP contribution in [0.3, 0.4) is 0 Å². The zero-order chi connectivity index (χ0) is 32.1. The largest absolute Gasteiger partial charge is 0.106 e. The number of benzene rings is 8. The summed E-state index contributed by atoms with van der Waals surface area (Å²) >= 11 is 0. The van der Waals surface area contributed by atoms with E-state index < -0.39 is 0 Å². The lowest BCUT2D eigenvalue weighted by Gasteiger charge is -2.22. The quantitative estimate of drug-likeness (QED) is 0.140. The molecule has 0 amide bonds. The fourth-order valence-electron chi connectivity index (χ4n) is 7.81. The number of fused-ring (bicyclic) bond motifs is 6. The molecule has 8 aromatic carbocycles. The molecule has 1 aliphatic carbocycles. The lowest BCUT2D eigenvalue weighted by atomic mass is 9.81. The topological polar surface area (TPSA) is 0 Å². The second kappa shape index (κ2) is 11.3. The van der Waals surface area contributed by atoms with Crippen molar-refractivity contribution in [2.24, 2.45) is 0 Å². The van der Waals surface area contributed by atoms with Crippen LogP contribution in [0, 0.1) is 0 Å². The minimum atomic E-state index is -0.00745. The van der Waals surface area contributed by atoms with E-state index in [2.05, 4.69) is 185 Å². The average Bonchev–Trinajstić information content (AvgIpc) is 3.37. The van der Waals surface area contributed by atoms with Crippen molar-refractivity contribution < 1.29 is 0 Å². The van der Waals surface area contributed by atoms with E-state index in [0.717, 1.165) is 0 Å². The van der Waals surface area contributed by atoms with E-state index in [-0.39, 0.29) is 5.41 Å². The Bertz CT molecular complexity index is 2400. The van der Waals surface area contributed by atoms with Gasteiger partial charge in [0.1, 0.15) is 0 Å². The van der Waals surface area contributed by atoms with Gasteiger partial charge in [-0.1, -0.05) is 159 Å². The highest BCUT2D eigenvalue weighted by molar-refractivity contribution is 6.21. The van der Waals surface area contributed by atoms with Gasteiger partial charge in [-0.2, -0.15) is 0 Å². The highest BCUT2D eigenvalue weighted by atomic mass is 14.4. The van der Waals surface area contributed by atoms with Crippen LogP contribution in [0.15, 0.2) is 171 Å². The van der Waals surface area contributed by atoms with Crippen LogP contribution < -0.4 is 0 Å². The van der Waals surface area contributed by atoms with Crippen LogP contribution in [0.2, 0.25) is 0 Å². The molecule has 0 spiro atoms. The molecule has 0 saturated carbocycles. The molecule has 0 fully saturated rings. The van der Waals surface area contributed by atoms with Gasteiger partial charge in [0, 0.05) is 5.41 Å². The first kappa shape index (κ1) is 28.7. The summed E-state index contributed by atoms with van der Waals surface area (Å²) in [6, 6.07) is 58.4. The van der Waals surface area contributed by atoms with Gasteiger partial charge in [-0.3, -0.25) is 0 Å². The average molecular weight is 601 g/mol. The van der Waals surface area contributed by atoms with Crippen LogP contribution in [0.25, 0.3) is 76.8 Å². The van der Waals surface area contributed by atoms with Gasteiger partial charge in [0.05, 0.1) is 0 Å². The molecule has 0 heteroatoms. The maximum Gasteiger partial charge on any atom is 0.0159 e. The van der Waals surface area contributed by atoms with Crippen molar-refractivity contribution in [3.63, 3.8) is 0 Å². The first-order chi connectivity index (χ1) is 23.1. The van der Waals surface area contributed by atoms with Crippen LogP contribution in [0.4, 0.5) is 0 Å². The highest BCUT2D eigenvalue weighted by Crippen LogP contribution is 2.50. The Morgan fingerprint density at radius 3 is 1.49 bits per heavy atom. The van der Waals surface area contributed by atoms with Gasteiger partial charge in [-0.15, -0.1) is 13.2 Å². The Hall–Kier alpha value is -5.72. The minimum absolute atomic E-state index is 0.00745. The fraction of sp³-hybridized carbons (Fsp3) is 0.0638. The van der Waals surface area contributed by atoms with Crippen LogP contribution in [0.1, 0.15) is 25.0 Å².